The predicted molar refractivity (Wildman–Crippen MR) is 65.8 cm³/mol. The summed E-state index contributed by atoms with van der Waals surface area (Å²) in [7, 11) is 0. The van der Waals surface area contributed by atoms with Crippen LogP contribution in [-0.4, -0.2) is 10.1 Å². The number of hydrogen-bond donors (Lipinski definition) is 2. The minimum atomic E-state index is 0.277. The van der Waals surface area contributed by atoms with Crippen LogP contribution in [0.1, 0.15) is 31.9 Å². The quantitative estimate of drug-likeness (QED) is 0.602. The molecule has 1 aromatic heterocycles. The highest BCUT2D eigenvalue weighted by Crippen LogP contribution is 2.16. The van der Waals surface area contributed by atoms with Crippen molar-refractivity contribution in [3.8, 4) is 0 Å². The fraction of sp³-hybridized carbons (Fsp3) is 0.556. The number of unbranched alkanes of at least 4 members (excludes halogenated alkanes) is 2. The monoisotopic (exact) mass is 229 g/mol. The van der Waals surface area contributed by atoms with Gasteiger partial charge in [0.2, 0.25) is 0 Å². The van der Waals surface area contributed by atoms with E-state index in [2.05, 4.69) is 22.6 Å². The molecule has 0 spiro atoms. The molecule has 3 N–H and O–H groups in total. The van der Waals surface area contributed by atoms with Crippen molar-refractivity contribution in [3.05, 3.63) is 11.1 Å². The van der Waals surface area contributed by atoms with Crippen molar-refractivity contribution in [2.45, 2.75) is 32.6 Å². The van der Waals surface area contributed by atoms with Gasteiger partial charge in [-0.2, -0.15) is 0 Å². The summed E-state index contributed by atoms with van der Waals surface area (Å²) in [6.45, 7) is 2.20. The average molecular weight is 229 g/mol. The summed E-state index contributed by atoms with van der Waals surface area (Å²) in [6.07, 6.45) is 4.74. The number of aryl methyl sites for hydroxylation is 1. The smallest absolute Gasteiger partial charge is 0.189 e. The first-order valence-electron chi connectivity index (χ1n) is 4.73. The van der Waals surface area contributed by atoms with Crippen molar-refractivity contribution >= 4 is 33.8 Å². The fourth-order valence-electron chi connectivity index (χ4n) is 1.14. The number of thiazole rings is 1. The molecule has 3 nitrogen and oxygen atoms in total. The number of thiocarbonyl (C=S) groups is 1. The highest BCUT2D eigenvalue weighted by Gasteiger charge is 2.01. The van der Waals surface area contributed by atoms with Gasteiger partial charge in [-0.25, -0.2) is 4.98 Å². The second kappa shape index (κ2) is 5.93. The Balaban J connectivity index is 2.38. The molecule has 1 heterocycles. The van der Waals surface area contributed by atoms with Gasteiger partial charge < -0.3 is 11.1 Å². The SMILES string of the molecule is CCCCCc1csc(NC(N)=S)n1. The number of nitrogens with two attached hydrogens (primary N) is 1. The number of hydrogen-bond acceptors (Lipinski definition) is 3. The molecular formula is C9H15N3S2. The van der Waals surface area contributed by atoms with Crippen LogP contribution in [0.2, 0.25) is 0 Å². The number of rotatable bonds is 5. The number of aromatic nitrogens is 1. The second-order valence-electron chi connectivity index (χ2n) is 3.09. The Kier molecular flexibility index (Phi) is 4.82. The number of nitrogens with one attached hydrogen (secondary N) is 1. The van der Waals surface area contributed by atoms with E-state index in [1.807, 2.05) is 0 Å². The predicted octanol–water partition coefficient (Wildman–Crippen LogP) is 2.53. The molecule has 0 amide bonds. The lowest BCUT2D eigenvalue weighted by atomic mass is 10.2. The summed E-state index contributed by atoms with van der Waals surface area (Å²) in [4.78, 5) is 4.36. The molecule has 78 valence electrons. The minimum absolute atomic E-state index is 0.277. The van der Waals surface area contributed by atoms with Gasteiger partial charge in [0.1, 0.15) is 0 Å². The minimum Gasteiger partial charge on any atom is -0.376 e. The van der Waals surface area contributed by atoms with E-state index in [-0.39, 0.29) is 5.11 Å². The normalized spacial score (nSPS) is 10.1. The summed E-state index contributed by atoms with van der Waals surface area (Å²) in [5.74, 6) is 0. The van der Waals surface area contributed by atoms with Gasteiger partial charge in [0.25, 0.3) is 0 Å². The van der Waals surface area contributed by atoms with Crippen molar-refractivity contribution in [3.63, 3.8) is 0 Å². The van der Waals surface area contributed by atoms with E-state index in [4.69, 9.17) is 18.0 Å². The Bertz CT molecular complexity index is 296. The number of anilines is 1. The van der Waals surface area contributed by atoms with Crippen LogP contribution in [0.25, 0.3) is 0 Å². The van der Waals surface area contributed by atoms with Crippen LogP contribution in [0, 0.1) is 0 Å². The average Bonchev–Trinajstić information content (AvgIpc) is 2.52. The van der Waals surface area contributed by atoms with Crippen LogP contribution < -0.4 is 11.1 Å². The topological polar surface area (TPSA) is 50.9 Å². The maximum Gasteiger partial charge on any atom is 0.189 e. The molecule has 1 rings (SSSR count). The lowest BCUT2D eigenvalue weighted by Gasteiger charge is -1.96. The van der Waals surface area contributed by atoms with Gasteiger partial charge in [-0.05, 0) is 25.1 Å². The van der Waals surface area contributed by atoms with Crippen molar-refractivity contribution in [1.29, 1.82) is 0 Å². The third-order valence-corrected chi connectivity index (χ3v) is 2.73. The first-order valence-corrected chi connectivity index (χ1v) is 6.02. The fourth-order valence-corrected chi connectivity index (χ4v) is 2.06. The van der Waals surface area contributed by atoms with Gasteiger partial charge >= 0.3 is 0 Å². The maximum absolute atomic E-state index is 5.34. The highest BCUT2D eigenvalue weighted by molar-refractivity contribution is 7.80. The van der Waals surface area contributed by atoms with E-state index in [0.29, 0.717) is 0 Å². The van der Waals surface area contributed by atoms with Gasteiger partial charge in [0.05, 0.1) is 5.69 Å². The van der Waals surface area contributed by atoms with Crippen LogP contribution in [0.4, 0.5) is 5.13 Å². The third kappa shape index (κ3) is 4.02. The van der Waals surface area contributed by atoms with Crippen LogP contribution in [0.3, 0.4) is 0 Å². The molecule has 5 heteroatoms. The molecule has 0 aliphatic rings. The molecule has 0 bridgehead atoms. The Morgan fingerprint density at radius 3 is 3.07 bits per heavy atom. The first kappa shape index (κ1) is 11.4. The molecule has 0 saturated heterocycles. The zero-order valence-electron chi connectivity index (χ0n) is 8.25. The van der Waals surface area contributed by atoms with Crippen molar-refractivity contribution in [2.75, 3.05) is 5.32 Å². The van der Waals surface area contributed by atoms with Crippen LogP contribution in [0.15, 0.2) is 5.38 Å². The molecule has 1 aromatic rings. The van der Waals surface area contributed by atoms with Crippen molar-refractivity contribution in [1.82, 2.24) is 4.98 Å². The summed E-state index contributed by atoms with van der Waals surface area (Å²) < 4.78 is 0. The van der Waals surface area contributed by atoms with E-state index in [9.17, 15) is 0 Å². The first-order chi connectivity index (χ1) is 6.72. The standard InChI is InChI=1S/C9H15N3S2/c1-2-3-4-5-7-6-14-9(11-7)12-8(10)13/h6H,2-5H2,1H3,(H3,10,11,12,13). The largest absolute Gasteiger partial charge is 0.376 e. The molecule has 0 atom stereocenters. The molecule has 0 radical (unpaired) electrons. The van der Waals surface area contributed by atoms with E-state index in [0.717, 1.165) is 17.2 Å². The molecular weight excluding hydrogens is 214 g/mol. The van der Waals surface area contributed by atoms with E-state index in [1.54, 1.807) is 11.3 Å². The van der Waals surface area contributed by atoms with Gasteiger partial charge in [-0.15, -0.1) is 11.3 Å². The third-order valence-electron chi connectivity index (χ3n) is 1.82. The summed E-state index contributed by atoms with van der Waals surface area (Å²) >= 11 is 6.27. The number of nitrogens with zero attached hydrogens (tertiary/aromatic N) is 1. The maximum atomic E-state index is 5.34. The lowest BCUT2D eigenvalue weighted by molar-refractivity contribution is 0.710. The molecule has 0 saturated carbocycles. The van der Waals surface area contributed by atoms with E-state index < -0.39 is 0 Å². The van der Waals surface area contributed by atoms with Crippen LogP contribution >= 0.6 is 23.6 Å². The van der Waals surface area contributed by atoms with Gasteiger partial charge in [-0.1, -0.05) is 19.8 Å². The summed E-state index contributed by atoms with van der Waals surface area (Å²) in [5, 5.41) is 5.96. The van der Waals surface area contributed by atoms with E-state index >= 15 is 0 Å². The van der Waals surface area contributed by atoms with Crippen LogP contribution in [0.5, 0.6) is 0 Å². The molecule has 0 fully saturated rings. The molecule has 14 heavy (non-hydrogen) atoms. The summed E-state index contributed by atoms with van der Waals surface area (Å²) in [6, 6.07) is 0. The van der Waals surface area contributed by atoms with Crippen molar-refractivity contribution in [2.24, 2.45) is 5.73 Å². The zero-order chi connectivity index (χ0) is 10.4. The van der Waals surface area contributed by atoms with Gasteiger partial charge in [0.15, 0.2) is 10.2 Å². The Labute approximate surface area is 93.7 Å². The Morgan fingerprint density at radius 1 is 1.64 bits per heavy atom. The highest BCUT2D eigenvalue weighted by atomic mass is 32.1. The van der Waals surface area contributed by atoms with Crippen LogP contribution in [-0.2, 0) is 6.42 Å². The van der Waals surface area contributed by atoms with E-state index in [1.165, 1.54) is 19.3 Å². The molecule has 0 unspecified atom stereocenters. The molecule has 0 aliphatic carbocycles. The van der Waals surface area contributed by atoms with Gasteiger partial charge in [-0.3, -0.25) is 0 Å². The van der Waals surface area contributed by atoms with Gasteiger partial charge in [0, 0.05) is 5.38 Å². The summed E-state index contributed by atoms with van der Waals surface area (Å²) in [5.41, 5.74) is 6.47. The van der Waals surface area contributed by atoms with Crippen molar-refractivity contribution < 1.29 is 0 Å². The molecule has 0 aromatic carbocycles. The zero-order valence-corrected chi connectivity index (χ0v) is 9.88. The Hall–Kier alpha value is -0.680. The second-order valence-corrected chi connectivity index (χ2v) is 4.39. The lowest BCUT2D eigenvalue weighted by Crippen LogP contribution is -2.18. The Morgan fingerprint density at radius 2 is 2.43 bits per heavy atom. The molecule has 0 aliphatic heterocycles.